The molecule has 0 aliphatic carbocycles. The average molecular weight is 262 g/mol. The topological polar surface area (TPSA) is 110 Å². The lowest BCUT2D eigenvalue weighted by Gasteiger charge is -2.06. The molecule has 1 heterocycles. The molecule has 0 amide bonds. The van der Waals surface area contributed by atoms with E-state index in [9.17, 15) is 14.9 Å². The van der Waals surface area contributed by atoms with Gasteiger partial charge in [-0.2, -0.15) is 4.98 Å². The number of rotatable bonds is 4. The van der Waals surface area contributed by atoms with E-state index in [0.29, 0.717) is 0 Å². The highest BCUT2D eigenvalue weighted by atomic mass is 16.6. The van der Waals surface area contributed by atoms with Crippen molar-refractivity contribution in [3.63, 3.8) is 0 Å². The summed E-state index contributed by atoms with van der Waals surface area (Å²) in [5, 5.41) is 22.6. The van der Waals surface area contributed by atoms with Crippen molar-refractivity contribution < 1.29 is 14.8 Å². The van der Waals surface area contributed by atoms with Crippen LogP contribution in [0.2, 0.25) is 0 Å². The summed E-state index contributed by atoms with van der Waals surface area (Å²) in [6, 6.07) is 6.12. The maximum absolute atomic E-state index is 11.0. The lowest BCUT2D eigenvalue weighted by molar-refractivity contribution is -0.390. The van der Waals surface area contributed by atoms with Gasteiger partial charge < -0.3 is 20.5 Å². The Labute approximate surface area is 107 Å². The highest BCUT2D eigenvalue weighted by Crippen LogP contribution is 2.27. The summed E-state index contributed by atoms with van der Waals surface area (Å²) in [5.74, 6) is -1.36. The van der Waals surface area contributed by atoms with E-state index in [4.69, 9.17) is 5.11 Å². The number of nitro groups is 1. The normalized spacial score (nSPS) is 10.2. The number of imidazole rings is 1. The van der Waals surface area contributed by atoms with Gasteiger partial charge in [0.15, 0.2) is 6.33 Å². The third kappa shape index (κ3) is 2.37. The first-order chi connectivity index (χ1) is 9.00. The monoisotopic (exact) mass is 262 g/mol. The minimum absolute atomic E-state index is 0.00111. The molecule has 0 unspecified atom stereocenters. The number of carboxylic acids is 1. The molecule has 98 valence electrons. The summed E-state index contributed by atoms with van der Waals surface area (Å²) in [7, 11) is 1.49. The van der Waals surface area contributed by atoms with Gasteiger partial charge in [-0.1, -0.05) is 12.1 Å². The molecule has 1 aromatic carbocycles. The predicted octanol–water partition coefficient (Wildman–Crippen LogP) is 1.77. The Morgan fingerprint density at radius 2 is 2.16 bits per heavy atom. The largest absolute Gasteiger partial charge is 0.478 e. The van der Waals surface area contributed by atoms with Gasteiger partial charge in [0.2, 0.25) is 5.82 Å². The Morgan fingerprint density at radius 3 is 2.79 bits per heavy atom. The number of benzene rings is 1. The van der Waals surface area contributed by atoms with Crippen LogP contribution in [0, 0.1) is 10.1 Å². The molecule has 19 heavy (non-hydrogen) atoms. The molecule has 8 nitrogen and oxygen atoms in total. The van der Waals surface area contributed by atoms with Crippen LogP contribution >= 0.6 is 0 Å². The van der Waals surface area contributed by atoms with Crippen molar-refractivity contribution in [2.75, 3.05) is 5.32 Å². The standard InChI is InChI=1S/C11H10N4O4/c1-14-6-12-9(10(14)15(18)19)13-8-5-3-2-4-7(8)11(16)17/h2-6,13H,1H3,(H,16,17). The Hall–Kier alpha value is -2.90. The number of aromatic nitrogens is 2. The third-order valence-electron chi connectivity index (χ3n) is 2.49. The number of hydrogen-bond acceptors (Lipinski definition) is 5. The number of carboxylic acid groups (broad SMARTS) is 1. The van der Waals surface area contributed by atoms with E-state index in [1.54, 1.807) is 12.1 Å². The molecule has 2 aromatic rings. The van der Waals surface area contributed by atoms with Gasteiger partial charge in [-0.25, -0.2) is 9.36 Å². The minimum Gasteiger partial charge on any atom is -0.478 e. The smallest absolute Gasteiger partial charge is 0.367 e. The van der Waals surface area contributed by atoms with Crippen LogP contribution in [-0.4, -0.2) is 25.6 Å². The van der Waals surface area contributed by atoms with Crippen LogP contribution < -0.4 is 5.32 Å². The summed E-state index contributed by atoms with van der Waals surface area (Å²) in [4.78, 5) is 25.2. The van der Waals surface area contributed by atoms with Crippen LogP contribution in [0.15, 0.2) is 30.6 Å². The number of nitrogens with zero attached hydrogens (tertiary/aromatic N) is 3. The molecule has 0 saturated carbocycles. The fourth-order valence-electron chi connectivity index (χ4n) is 1.63. The second kappa shape index (κ2) is 4.77. The molecule has 0 saturated heterocycles. The maximum Gasteiger partial charge on any atom is 0.367 e. The van der Waals surface area contributed by atoms with Crippen LogP contribution in [-0.2, 0) is 7.05 Å². The van der Waals surface area contributed by atoms with E-state index in [1.807, 2.05) is 0 Å². The van der Waals surface area contributed by atoms with Crippen molar-refractivity contribution in [2.24, 2.45) is 7.05 Å². The zero-order valence-electron chi connectivity index (χ0n) is 9.90. The molecule has 0 aliphatic rings. The molecular formula is C11H10N4O4. The fraction of sp³-hybridized carbons (Fsp3) is 0.0909. The van der Waals surface area contributed by atoms with Crippen LogP contribution in [0.5, 0.6) is 0 Å². The van der Waals surface area contributed by atoms with E-state index in [1.165, 1.54) is 30.1 Å². The molecule has 8 heteroatoms. The van der Waals surface area contributed by atoms with Crippen molar-refractivity contribution >= 4 is 23.3 Å². The number of nitrogens with one attached hydrogen (secondary N) is 1. The van der Waals surface area contributed by atoms with Gasteiger partial charge >= 0.3 is 11.8 Å². The number of aromatic carboxylic acids is 1. The lowest BCUT2D eigenvalue weighted by atomic mass is 10.2. The van der Waals surface area contributed by atoms with Crippen molar-refractivity contribution in [3.8, 4) is 0 Å². The quantitative estimate of drug-likeness (QED) is 0.641. The third-order valence-corrected chi connectivity index (χ3v) is 2.49. The van der Waals surface area contributed by atoms with Crippen LogP contribution in [0.4, 0.5) is 17.3 Å². The molecule has 0 radical (unpaired) electrons. The molecule has 0 spiro atoms. The lowest BCUT2D eigenvalue weighted by Crippen LogP contribution is -2.04. The average Bonchev–Trinajstić information content (AvgIpc) is 2.71. The number of hydrogen-bond donors (Lipinski definition) is 2. The van der Waals surface area contributed by atoms with Crippen molar-refractivity contribution in [2.45, 2.75) is 0 Å². The number of para-hydroxylation sites is 1. The van der Waals surface area contributed by atoms with Crippen molar-refractivity contribution in [3.05, 3.63) is 46.3 Å². The van der Waals surface area contributed by atoms with Gasteiger partial charge in [-0.3, -0.25) is 0 Å². The van der Waals surface area contributed by atoms with E-state index in [-0.39, 0.29) is 22.9 Å². The summed E-state index contributed by atoms with van der Waals surface area (Å²) in [5.41, 5.74) is 0.263. The maximum atomic E-state index is 11.0. The minimum atomic E-state index is -1.12. The Bertz CT molecular complexity index is 650. The van der Waals surface area contributed by atoms with Gasteiger partial charge in [0.1, 0.15) is 0 Å². The van der Waals surface area contributed by atoms with E-state index in [2.05, 4.69) is 10.3 Å². The summed E-state index contributed by atoms with van der Waals surface area (Å²) in [6.07, 6.45) is 1.28. The first-order valence-corrected chi connectivity index (χ1v) is 5.25. The predicted molar refractivity (Wildman–Crippen MR) is 66.5 cm³/mol. The molecule has 1 aromatic heterocycles. The SMILES string of the molecule is Cn1cnc(Nc2ccccc2C(=O)O)c1[N+](=O)[O-]. The first-order valence-electron chi connectivity index (χ1n) is 5.25. The number of carbonyl (C=O) groups is 1. The molecule has 0 aliphatic heterocycles. The van der Waals surface area contributed by atoms with Gasteiger partial charge in [0, 0.05) is 0 Å². The second-order valence-corrected chi connectivity index (χ2v) is 3.76. The molecule has 0 bridgehead atoms. The van der Waals surface area contributed by atoms with Crippen molar-refractivity contribution in [1.82, 2.24) is 9.55 Å². The number of anilines is 2. The zero-order valence-corrected chi connectivity index (χ0v) is 9.90. The van der Waals surface area contributed by atoms with Gasteiger partial charge in [-0.05, 0) is 17.1 Å². The Kier molecular flexibility index (Phi) is 3.15. The fourth-order valence-corrected chi connectivity index (χ4v) is 1.63. The van der Waals surface area contributed by atoms with Gasteiger partial charge in [-0.15, -0.1) is 0 Å². The van der Waals surface area contributed by atoms with Crippen LogP contribution in [0.3, 0.4) is 0 Å². The zero-order chi connectivity index (χ0) is 14.0. The highest BCUT2D eigenvalue weighted by molar-refractivity contribution is 5.95. The molecule has 0 fully saturated rings. The van der Waals surface area contributed by atoms with E-state index >= 15 is 0 Å². The number of aryl methyl sites for hydroxylation is 1. The van der Waals surface area contributed by atoms with Gasteiger partial charge in [0.05, 0.1) is 18.3 Å². The van der Waals surface area contributed by atoms with E-state index in [0.717, 1.165) is 0 Å². The Morgan fingerprint density at radius 1 is 1.47 bits per heavy atom. The van der Waals surface area contributed by atoms with Crippen molar-refractivity contribution in [1.29, 1.82) is 0 Å². The second-order valence-electron chi connectivity index (χ2n) is 3.76. The summed E-state index contributed by atoms with van der Waals surface area (Å²) >= 11 is 0. The molecule has 2 rings (SSSR count). The van der Waals surface area contributed by atoms with E-state index < -0.39 is 10.9 Å². The first kappa shape index (κ1) is 12.6. The van der Waals surface area contributed by atoms with Crippen LogP contribution in [0.1, 0.15) is 10.4 Å². The Balaban J connectivity index is 2.42. The molecular weight excluding hydrogens is 252 g/mol. The summed E-state index contributed by atoms with van der Waals surface area (Å²) in [6.45, 7) is 0. The van der Waals surface area contributed by atoms with Gasteiger partial charge in [0.25, 0.3) is 0 Å². The van der Waals surface area contributed by atoms with Crippen LogP contribution in [0.25, 0.3) is 0 Å². The summed E-state index contributed by atoms with van der Waals surface area (Å²) < 4.78 is 1.24. The highest BCUT2D eigenvalue weighted by Gasteiger charge is 2.21. The molecule has 2 N–H and O–H groups in total. The molecule has 0 atom stereocenters.